The van der Waals surface area contributed by atoms with Crippen molar-refractivity contribution in [2.45, 2.75) is 289 Å². The highest BCUT2D eigenvalue weighted by atomic mass is 16.3. The van der Waals surface area contributed by atoms with Crippen LogP contribution in [0.2, 0.25) is 0 Å². The summed E-state index contributed by atoms with van der Waals surface area (Å²) >= 11 is 0. The number of carbonyl (C=O) groups excluding carboxylic acids is 1. The van der Waals surface area contributed by atoms with Crippen LogP contribution in [-0.2, 0) is 4.79 Å². The molecule has 0 heterocycles. The van der Waals surface area contributed by atoms with Crippen molar-refractivity contribution in [3.05, 3.63) is 48.6 Å². The Morgan fingerprint density at radius 3 is 1.07 bits per heavy atom. The third-order valence-corrected chi connectivity index (χ3v) is 12.0. The van der Waals surface area contributed by atoms with E-state index in [2.05, 4.69) is 55.6 Å². The first-order valence-corrected chi connectivity index (χ1v) is 26.4. The Kier molecular flexibility index (Phi) is 49.3. The van der Waals surface area contributed by atoms with Crippen molar-refractivity contribution in [1.82, 2.24) is 5.32 Å². The molecular formula is C55H103NO3. The Balaban J connectivity index is 3.37. The lowest BCUT2D eigenvalue weighted by molar-refractivity contribution is -0.123. The number of hydrogen-bond donors (Lipinski definition) is 3. The summed E-state index contributed by atoms with van der Waals surface area (Å²) in [7, 11) is 0. The lowest BCUT2D eigenvalue weighted by Gasteiger charge is -2.19. The molecule has 3 N–H and O–H groups in total. The summed E-state index contributed by atoms with van der Waals surface area (Å²) in [4.78, 5) is 12.4. The molecule has 0 aliphatic heterocycles. The molecule has 0 spiro atoms. The van der Waals surface area contributed by atoms with Gasteiger partial charge in [0, 0.05) is 6.42 Å². The van der Waals surface area contributed by atoms with Crippen LogP contribution in [0.3, 0.4) is 0 Å². The molecule has 0 bridgehead atoms. The Morgan fingerprint density at radius 2 is 0.712 bits per heavy atom. The largest absolute Gasteiger partial charge is 0.394 e. The Morgan fingerprint density at radius 1 is 0.407 bits per heavy atom. The highest BCUT2D eigenvalue weighted by Gasteiger charge is 2.17. The summed E-state index contributed by atoms with van der Waals surface area (Å²) in [5, 5.41) is 22.9. The quantitative estimate of drug-likeness (QED) is 0.0423. The lowest BCUT2D eigenvalue weighted by atomic mass is 10.0. The number of allylic oxidation sites excluding steroid dienone is 7. The number of hydrogen-bond acceptors (Lipinski definition) is 3. The number of nitrogens with one attached hydrogen (secondary N) is 1. The predicted octanol–water partition coefficient (Wildman–Crippen LogP) is 17.1. The molecule has 2 unspecified atom stereocenters. The SMILES string of the molecule is CC/C=C/CC/C=C/CC/C=C/C(O)C(CO)NC(=O)CCCCCCCCCCCCCCCCCCCCCCCCCCC/C=C\CCCCCCCCCC. The minimum atomic E-state index is -0.867. The van der Waals surface area contributed by atoms with Gasteiger partial charge in [0.15, 0.2) is 0 Å². The average Bonchev–Trinajstić information content (AvgIpc) is 3.24. The van der Waals surface area contributed by atoms with Gasteiger partial charge in [-0.05, 0) is 64.2 Å². The Labute approximate surface area is 369 Å². The topological polar surface area (TPSA) is 69.6 Å². The fraction of sp³-hybridized carbons (Fsp3) is 0.836. The molecule has 0 aromatic carbocycles. The molecule has 0 saturated heterocycles. The van der Waals surface area contributed by atoms with Gasteiger partial charge >= 0.3 is 0 Å². The van der Waals surface area contributed by atoms with Crippen LogP contribution >= 0.6 is 0 Å². The predicted molar refractivity (Wildman–Crippen MR) is 262 cm³/mol. The molecule has 0 rings (SSSR count). The van der Waals surface area contributed by atoms with E-state index in [4.69, 9.17) is 0 Å². The third kappa shape index (κ3) is 47.3. The summed E-state index contributed by atoms with van der Waals surface area (Å²) < 4.78 is 0. The fourth-order valence-corrected chi connectivity index (χ4v) is 8.04. The number of unbranched alkanes of at least 4 members (excludes halogenated alkanes) is 35. The smallest absolute Gasteiger partial charge is 0.220 e. The molecule has 0 radical (unpaired) electrons. The summed E-state index contributed by atoms with van der Waals surface area (Å²) in [5.74, 6) is -0.0772. The molecular weight excluding hydrogens is 723 g/mol. The number of aliphatic hydroxyl groups is 2. The first-order chi connectivity index (χ1) is 29.2. The van der Waals surface area contributed by atoms with Gasteiger partial charge in [-0.2, -0.15) is 0 Å². The maximum Gasteiger partial charge on any atom is 0.220 e. The summed E-state index contributed by atoms with van der Waals surface area (Å²) in [5.41, 5.74) is 0. The van der Waals surface area contributed by atoms with Gasteiger partial charge < -0.3 is 15.5 Å². The van der Waals surface area contributed by atoms with Gasteiger partial charge in [0.2, 0.25) is 5.91 Å². The van der Waals surface area contributed by atoms with E-state index < -0.39 is 12.1 Å². The minimum absolute atomic E-state index is 0.0772. The summed E-state index contributed by atoms with van der Waals surface area (Å²) in [6.07, 6.45) is 70.1. The van der Waals surface area contributed by atoms with E-state index in [1.807, 2.05) is 6.08 Å². The summed E-state index contributed by atoms with van der Waals surface area (Å²) in [6.45, 7) is 4.18. The maximum atomic E-state index is 12.4. The van der Waals surface area contributed by atoms with E-state index in [0.29, 0.717) is 6.42 Å². The van der Waals surface area contributed by atoms with Crippen LogP contribution in [0, 0.1) is 0 Å². The summed E-state index contributed by atoms with van der Waals surface area (Å²) in [6, 6.07) is -0.642. The zero-order chi connectivity index (χ0) is 42.8. The van der Waals surface area contributed by atoms with Crippen molar-refractivity contribution in [3.8, 4) is 0 Å². The first-order valence-electron chi connectivity index (χ1n) is 26.4. The highest BCUT2D eigenvalue weighted by Crippen LogP contribution is 2.17. The van der Waals surface area contributed by atoms with E-state index in [1.165, 1.54) is 212 Å². The van der Waals surface area contributed by atoms with Crippen LogP contribution in [0.1, 0.15) is 277 Å². The van der Waals surface area contributed by atoms with E-state index in [1.54, 1.807) is 6.08 Å². The van der Waals surface area contributed by atoms with Gasteiger partial charge in [0.05, 0.1) is 18.8 Å². The van der Waals surface area contributed by atoms with E-state index in [0.717, 1.165) is 44.9 Å². The van der Waals surface area contributed by atoms with Gasteiger partial charge in [-0.25, -0.2) is 0 Å². The molecule has 0 aliphatic rings. The van der Waals surface area contributed by atoms with Crippen molar-refractivity contribution < 1.29 is 15.0 Å². The number of rotatable bonds is 48. The van der Waals surface area contributed by atoms with Gasteiger partial charge in [-0.15, -0.1) is 0 Å². The molecule has 4 heteroatoms. The van der Waals surface area contributed by atoms with Crippen LogP contribution < -0.4 is 5.32 Å². The van der Waals surface area contributed by atoms with E-state index in [-0.39, 0.29) is 12.5 Å². The first kappa shape index (κ1) is 57.3. The monoisotopic (exact) mass is 826 g/mol. The molecule has 346 valence electrons. The molecule has 0 fully saturated rings. The third-order valence-electron chi connectivity index (χ3n) is 12.0. The normalized spacial score (nSPS) is 13.2. The van der Waals surface area contributed by atoms with Crippen molar-refractivity contribution in [1.29, 1.82) is 0 Å². The average molecular weight is 826 g/mol. The zero-order valence-electron chi connectivity index (χ0n) is 39.8. The molecule has 0 aliphatic carbocycles. The van der Waals surface area contributed by atoms with Gasteiger partial charge in [0.25, 0.3) is 0 Å². The van der Waals surface area contributed by atoms with Crippen LogP contribution in [0.25, 0.3) is 0 Å². The molecule has 1 amide bonds. The van der Waals surface area contributed by atoms with Gasteiger partial charge in [-0.3, -0.25) is 4.79 Å². The van der Waals surface area contributed by atoms with E-state index in [9.17, 15) is 15.0 Å². The molecule has 0 aromatic rings. The number of carbonyl (C=O) groups is 1. The molecule has 4 nitrogen and oxygen atoms in total. The lowest BCUT2D eigenvalue weighted by Crippen LogP contribution is -2.45. The van der Waals surface area contributed by atoms with Crippen LogP contribution in [0.15, 0.2) is 48.6 Å². The number of aliphatic hydroxyl groups excluding tert-OH is 2. The second-order valence-electron chi connectivity index (χ2n) is 17.9. The second kappa shape index (κ2) is 50.7. The molecule has 0 aromatic heterocycles. The fourth-order valence-electron chi connectivity index (χ4n) is 8.04. The maximum absolute atomic E-state index is 12.4. The molecule has 0 saturated carbocycles. The Hall–Kier alpha value is -1.65. The Bertz CT molecular complexity index is 939. The minimum Gasteiger partial charge on any atom is -0.394 e. The van der Waals surface area contributed by atoms with Crippen LogP contribution in [-0.4, -0.2) is 34.9 Å². The van der Waals surface area contributed by atoms with Gasteiger partial charge in [0.1, 0.15) is 0 Å². The van der Waals surface area contributed by atoms with Crippen molar-refractivity contribution in [2.75, 3.05) is 6.61 Å². The van der Waals surface area contributed by atoms with Crippen molar-refractivity contribution in [2.24, 2.45) is 0 Å². The zero-order valence-corrected chi connectivity index (χ0v) is 39.8. The van der Waals surface area contributed by atoms with Gasteiger partial charge in [-0.1, -0.05) is 255 Å². The van der Waals surface area contributed by atoms with Crippen molar-refractivity contribution >= 4 is 5.91 Å². The molecule has 59 heavy (non-hydrogen) atoms. The van der Waals surface area contributed by atoms with Crippen LogP contribution in [0.5, 0.6) is 0 Å². The van der Waals surface area contributed by atoms with E-state index >= 15 is 0 Å². The standard InChI is InChI=1S/C55H103NO3/c1-3-5-7-9-11-13-15-16-17-18-19-20-21-22-23-24-25-26-27-28-29-30-31-32-33-34-35-36-37-38-39-40-41-43-45-47-49-51-55(59)56-53(52-57)54(58)50-48-46-44-42-14-12-10-8-6-4-2/h6,8,14,18-19,42,48,50,53-54,57-58H,3-5,7,9-13,15-17,20-41,43-47,49,51-52H2,1-2H3,(H,56,59)/b8-6+,19-18-,42-14+,50-48+. The number of amides is 1. The van der Waals surface area contributed by atoms with Crippen molar-refractivity contribution in [3.63, 3.8) is 0 Å². The van der Waals surface area contributed by atoms with Crippen LogP contribution in [0.4, 0.5) is 0 Å². The molecule has 2 atom stereocenters. The second-order valence-corrected chi connectivity index (χ2v) is 17.9. The highest BCUT2D eigenvalue weighted by molar-refractivity contribution is 5.76.